The van der Waals surface area contributed by atoms with Crippen LogP contribution in [0.2, 0.25) is 0 Å². The number of methoxy groups -OCH3 is 4. The van der Waals surface area contributed by atoms with Crippen LogP contribution in [0.4, 0.5) is 48.3 Å². The van der Waals surface area contributed by atoms with Crippen LogP contribution in [0.25, 0.3) is 71.7 Å². The average molecular weight is 2100 g/mol. The second-order valence-electron chi connectivity index (χ2n) is 28.5. The Hall–Kier alpha value is -12.9. The zero-order chi connectivity index (χ0) is 98.5. The van der Waals surface area contributed by atoms with E-state index in [0.29, 0.717) is 89.8 Å². The SMILES string of the molecule is C.C.COC(=O)/C=C/c1c[nH]c2ccc(F)cc12.COC(=O)CCc1c[nH]c2ccc(F)cc12.COC(=O)CCc1cn(S(=O)(=O)c2cccc(-c3ccc(OC(F)(F)F)cc3)c2C)c2ccc(F)cc12.COC(=O)CCc1cn(S(=O)(=O)c2cccc(Br)c2C)c2ccc(F)cc12.Cc1c(Br)cccc1S(=O)(=O)Cl.O=Cc1c[nH]c2ccc(F)cc12.OB(O)c1ccc(OC(F)(F)F)cc1. The van der Waals surface area contributed by atoms with Crippen LogP contribution < -0.4 is 14.9 Å². The molecule has 24 nitrogen and oxygen atoms in total. The number of aldehydes is 1. The number of esters is 4. The van der Waals surface area contributed by atoms with Crippen LogP contribution >= 0.6 is 42.5 Å². The Labute approximate surface area is 794 Å². The molecule has 0 bridgehead atoms. The monoisotopic (exact) mass is 2100 g/mol. The van der Waals surface area contributed by atoms with Crippen LogP contribution in [-0.4, -0.2) is 137 Å². The summed E-state index contributed by atoms with van der Waals surface area (Å²) in [5, 5.41) is 20.3. The highest BCUT2D eigenvalue weighted by atomic mass is 79.9. The number of rotatable bonds is 21. The summed E-state index contributed by atoms with van der Waals surface area (Å²) in [6, 6.07) is 44.7. The van der Waals surface area contributed by atoms with Gasteiger partial charge in [-0.1, -0.05) is 95.2 Å². The van der Waals surface area contributed by atoms with E-state index in [4.69, 9.17) is 20.7 Å². The number of aromatic amines is 3. The number of carbonyl (C=O) groups excluding carboxylic acids is 5. The molecule has 0 saturated heterocycles. The topological polar surface area (TPSA) is 341 Å². The fourth-order valence-electron chi connectivity index (χ4n) is 13.2. The Morgan fingerprint density at radius 1 is 0.449 bits per heavy atom. The van der Waals surface area contributed by atoms with Crippen LogP contribution in [0.1, 0.15) is 83.4 Å². The lowest BCUT2D eigenvalue weighted by Gasteiger charge is -2.14. The highest BCUT2D eigenvalue weighted by Gasteiger charge is 2.33. The number of benzene rings is 10. The van der Waals surface area contributed by atoms with Crippen LogP contribution in [0.5, 0.6) is 11.5 Å². The lowest BCUT2D eigenvalue weighted by molar-refractivity contribution is -0.275. The van der Waals surface area contributed by atoms with Gasteiger partial charge in [0.25, 0.3) is 29.1 Å². The van der Waals surface area contributed by atoms with Crippen molar-refractivity contribution in [2.24, 2.45) is 0 Å². The molecule has 0 saturated carbocycles. The highest BCUT2D eigenvalue weighted by Crippen LogP contribution is 2.37. The van der Waals surface area contributed by atoms with E-state index in [1.165, 1.54) is 150 Å². The Balaban J connectivity index is 0.000000225. The molecule has 15 aromatic rings. The summed E-state index contributed by atoms with van der Waals surface area (Å²) in [5.74, 6) is -4.35. The molecule has 136 heavy (non-hydrogen) atoms. The van der Waals surface area contributed by atoms with Crippen molar-refractivity contribution in [2.75, 3.05) is 28.4 Å². The normalized spacial score (nSPS) is 11.3. The van der Waals surface area contributed by atoms with Gasteiger partial charge in [-0.2, -0.15) is 0 Å². The Morgan fingerprint density at radius 2 is 0.809 bits per heavy atom. The summed E-state index contributed by atoms with van der Waals surface area (Å²) in [6.07, 6.45) is 3.20. The molecular formula is C94H86BBr2ClF11N5O19S3. The van der Waals surface area contributed by atoms with Crippen LogP contribution in [-0.2, 0) is 86.5 Å². The minimum absolute atomic E-state index is 0. The summed E-state index contributed by atoms with van der Waals surface area (Å²) in [5.41, 5.74) is 8.92. The van der Waals surface area contributed by atoms with Crippen molar-refractivity contribution in [2.45, 2.75) is 102 Å². The Morgan fingerprint density at radius 3 is 1.21 bits per heavy atom. The molecule has 0 spiro atoms. The number of fused-ring (bicyclic) bond motifs is 5. The minimum atomic E-state index is -4.83. The number of aromatic nitrogens is 5. The number of H-pyrrole nitrogens is 3. The number of aryl methyl sites for hydroxylation is 3. The molecule has 0 atom stereocenters. The quantitative estimate of drug-likeness (QED) is 0.00848. The number of nitrogens with one attached hydrogen (secondary N) is 3. The molecule has 5 aromatic heterocycles. The Kier molecular flexibility index (Phi) is 39.3. The molecule has 0 aliphatic heterocycles. The molecule has 15 rings (SSSR count). The van der Waals surface area contributed by atoms with Crippen molar-refractivity contribution in [1.82, 2.24) is 22.9 Å². The number of carbonyl (C=O) groups is 5. The molecule has 5 heterocycles. The molecule has 0 aliphatic rings. The van der Waals surface area contributed by atoms with E-state index >= 15 is 0 Å². The minimum Gasteiger partial charge on any atom is -0.469 e. The molecule has 0 aliphatic carbocycles. The molecular weight excluding hydrogens is 2010 g/mol. The van der Waals surface area contributed by atoms with Gasteiger partial charge in [-0.25, -0.2) is 59.9 Å². The van der Waals surface area contributed by atoms with Gasteiger partial charge >= 0.3 is 43.7 Å². The fraction of sp³-hybridized carbons (Fsp3) is 0.181. The lowest BCUT2D eigenvalue weighted by atomic mass is 9.80. The van der Waals surface area contributed by atoms with Crippen molar-refractivity contribution in [1.29, 1.82) is 0 Å². The maximum Gasteiger partial charge on any atom is 0.573 e. The predicted octanol–water partition coefficient (Wildman–Crippen LogP) is 21.4. The third-order valence-corrected chi connectivity index (χ3v) is 26.6. The zero-order valence-electron chi connectivity index (χ0n) is 71.2. The van der Waals surface area contributed by atoms with Gasteiger partial charge in [-0.05, 0) is 242 Å². The second kappa shape index (κ2) is 48.5. The van der Waals surface area contributed by atoms with Gasteiger partial charge in [0, 0.05) is 131 Å². The first kappa shape index (κ1) is 110. The highest BCUT2D eigenvalue weighted by molar-refractivity contribution is 9.10. The van der Waals surface area contributed by atoms with Gasteiger partial charge in [-0.3, -0.25) is 19.2 Å². The molecule has 5 N–H and O–H groups in total. The van der Waals surface area contributed by atoms with Crippen molar-refractivity contribution in [3.63, 3.8) is 0 Å². The van der Waals surface area contributed by atoms with Gasteiger partial charge in [0.15, 0.2) is 6.29 Å². The third-order valence-electron chi connectivity index (χ3n) is 19.8. The van der Waals surface area contributed by atoms with E-state index in [1.54, 1.807) is 94.0 Å². The van der Waals surface area contributed by atoms with E-state index in [9.17, 15) is 97.5 Å². The summed E-state index contributed by atoms with van der Waals surface area (Å²) >= 11 is 6.57. The second-order valence-corrected chi connectivity index (χ2v) is 36.3. The largest absolute Gasteiger partial charge is 0.573 e. The van der Waals surface area contributed by atoms with Gasteiger partial charge in [0.05, 0.1) is 54.2 Å². The number of ether oxygens (including phenoxy) is 6. The van der Waals surface area contributed by atoms with Gasteiger partial charge in [0.2, 0.25) is 0 Å². The standard InChI is InChI=1S/C26H21F4NO5S.C19H17BrFNO4S.C12H12FNO2.C12H10FNO2.C9H6FNO.C7H6BF3O3.C7H6BrClO2S.2CH4/c1-16-21(17-6-10-20(11-7-17)36-26(28,29)30)4-3-5-24(16)37(33,34)31-15-18(8-13-25(32)35-2)22-14-19(27)9-12-23(22)31;1-12-16(20)4-3-5-18(12)27(24,25)22-11-13(6-9-19(23)26-2)15-10-14(21)7-8-17(15)22;2*1-16-12(15)5-2-8-7-14-11-4-3-9(13)6-10(8)11;10-7-1-2-9-8(3-7)6(5-12)4-11-9;9-7(10,11)14-6-3-1-5(2-4-6)8(12)13;1-5-6(8)3-2-4-7(5)12(9,10)11;;/h3-7,9-12,14-15H,8,13H2,1-2H3;3-5,7-8,10-11H,6,9H2,1-2H3;3-4,6-7,14H,2,5H2,1H3;2-7,14H,1H3;1-5,11H;1-4,12-13H;2-4H,1H3;2*1H4/b;;;5-2+;;;;;. The summed E-state index contributed by atoms with van der Waals surface area (Å²) in [7, 11) is -3.04. The maximum atomic E-state index is 14.0. The summed E-state index contributed by atoms with van der Waals surface area (Å²) < 4.78 is 244. The first-order chi connectivity index (χ1) is 63.2. The first-order valence-electron chi connectivity index (χ1n) is 39.1. The smallest absolute Gasteiger partial charge is 0.469 e. The molecule has 0 fully saturated rings. The van der Waals surface area contributed by atoms with Crippen LogP contribution in [0, 0.1) is 49.9 Å². The predicted molar refractivity (Wildman–Crippen MR) is 502 cm³/mol. The van der Waals surface area contributed by atoms with E-state index in [2.05, 4.69) is 75.2 Å². The van der Waals surface area contributed by atoms with E-state index in [1.807, 2.05) is 0 Å². The molecule has 10 aromatic carbocycles. The lowest BCUT2D eigenvalue weighted by Crippen LogP contribution is -2.29. The number of nitrogens with zero attached hydrogens (tertiary/aromatic N) is 2. The average Bonchev–Trinajstić information content (AvgIpc) is 1.60. The first-order valence-corrected chi connectivity index (χ1v) is 45.9. The van der Waals surface area contributed by atoms with Crippen molar-refractivity contribution < 1.29 is 136 Å². The van der Waals surface area contributed by atoms with Crippen LogP contribution in [0.15, 0.2) is 255 Å². The van der Waals surface area contributed by atoms with E-state index in [0.717, 1.165) is 93.3 Å². The number of halogens is 14. The summed E-state index contributed by atoms with van der Waals surface area (Å²) in [4.78, 5) is 64.6. The van der Waals surface area contributed by atoms with E-state index in [-0.39, 0.29) is 89.6 Å². The van der Waals surface area contributed by atoms with Gasteiger partial charge in [-0.15, -0.1) is 26.3 Å². The number of alkyl halides is 6. The third kappa shape index (κ3) is 29.6. The summed E-state index contributed by atoms with van der Waals surface area (Å²) in [6.45, 7) is 4.99. The van der Waals surface area contributed by atoms with E-state index < -0.39 is 90.0 Å². The van der Waals surface area contributed by atoms with Gasteiger partial charge in [0.1, 0.15) is 40.6 Å². The fourth-order valence-corrected chi connectivity index (χ4v) is 18.7. The number of hydrogen-bond donors (Lipinski definition) is 5. The van der Waals surface area contributed by atoms with Crippen molar-refractivity contribution in [3.8, 4) is 22.6 Å². The van der Waals surface area contributed by atoms with Crippen molar-refractivity contribution >= 4 is 175 Å². The molecule has 0 radical (unpaired) electrons. The Bertz CT molecular complexity index is 7180. The number of hydrogen-bond acceptors (Lipinski definition) is 19. The van der Waals surface area contributed by atoms with Crippen LogP contribution in [0.3, 0.4) is 0 Å². The molecule has 720 valence electrons. The molecule has 0 unspecified atom stereocenters. The molecule has 42 heteroatoms. The van der Waals surface area contributed by atoms with Gasteiger partial charge < -0.3 is 53.4 Å². The zero-order valence-corrected chi connectivity index (χ0v) is 77.5. The maximum absolute atomic E-state index is 14.0. The van der Waals surface area contributed by atoms with Crippen molar-refractivity contribution in [3.05, 3.63) is 314 Å². The molecule has 0 amide bonds.